The minimum atomic E-state index is -4.28. The molecule has 1 saturated carbocycles. The number of amides is 2. The van der Waals surface area contributed by atoms with Crippen LogP contribution in [0.2, 0.25) is 0 Å². The summed E-state index contributed by atoms with van der Waals surface area (Å²) in [6.07, 6.45) is -2.75. The molecule has 0 aromatic rings. The first-order chi connectivity index (χ1) is 9.28. The predicted octanol–water partition coefficient (Wildman–Crippen LogP) is 2.13. The molecule has 5 nitrogen and oxygen atoms in total. The van der Waals surface area contributed by atoms with E-state index in [2.05, 4.69) is 10.6 Å². The van der Waals surface area contributed by atoms with Gasteiger partial charge in [-0.05, 0) is 31.6 Å². The lowest BCUT2D eigenvalue weighted by Gasteiger charge is -2.26. The van der Waals surface area contributed by atoms with Gasteiger partial charge in [0.2, 0.25) is 0 Å². The maximum absolute atomic E-state index is 11.9. The number of alkyl halides is 3. The molecule has 0 heterocycles. The van der Waals surface area contributed by atoms with Crippen molar-refractivity contribution in [3.63, 3.8) is 0 Å². The first-order valence-electron chi connectivity index (χ1n) is 6.59. The highest BCUT2D eigenvalue weighted by Gasteiger charge is 2.27. The summed E-state index contributed by atoms with van der Waals surface area (Å²) >= 11 is 0. The topological polar surface area (TPSA) is 78.4 Å². The molecule has 2 amide bonds. The number of aliphatic carboxylic acids is 1. The summed E-state index contributed by atoms with van der Waals surface area (Å²) in [5.41, 5.74) is 0. The summed E-state index contributed by atoms with van der Waals surface area (Å²) in [5, 5.41) is 13.5. The SMILES string of the molecule is O=C(NCCC(F)(F)F)NCC1CCC(C(=O)O)CC1. The van der Waals surface area contributed by atoms with Crippen molar-refractivity contribution in [1.82, 2.24) is 10.6 Å². The van der Waals surface area contributed by atoms with Crippen LogP contribution in [0.3, 0.4) is 0 Å². The zero-order valence-electron chi connectivity index (χ0n) is 11.0. The molecule has 8 heteroatoms. The molecular weight excluding hydrogens is 277 g/mol. The second-order valence-electron chi connectivity index (χ2n) is 5.06. The Morgan fingerprint density at radius 3 is 2.20 bits per heavy atom. The lowest BCUT2D eigenvalue weighted by atomic mass is 9.82. The second kappa shape index (κ2) is 7.35. The largest absolute Gasteiger partial charge is 0.481 e. The van der Waals surface area contributed by atoms with Crippen LogP contribution in [-0.2, 0) is 4.79 Å². The van der Waals surface area contributed by atoms with Crippen LogP contribution in [0.4, 0.5) is 18.0 Å². The van der Waals surface area contributed by atoms with Crippen LogP contribution in [0.25, 0.3) is 0 Å². The Labute approximate surface area is 114 Å². The third kappa shape index (κ3) is 6.63. The van der Waals surface area contributed by atoms with E-state index in [1.54, 1.807) is 0 Å². The molecule has 3 N–H and O–H groups in total. The third-order valence-electron chi connectivity index (χ3n) is 3.44. The summed E-state index contributed by atoms with van der Waals surface area (Å²) in [5.74, 6) is -0.910. The average molecular weight is 296 g/mol. The minimum Gasteiger partial charge on any atom is -0.481 e. The molecule has 1 fully saturated rings. The van der Waals surface area contributed by atoms with Crippen LogP contribution in [0, 0.1) is 11.8 Å². The van der Waals surface area contributed by atoms with Crippen molar-refractivity contribution in [2.75, 3.05) is 13.1 Å². The van der Waals surface area contributed by atoms with E-state index < -0.39 is 31.1 Å². The summed E-state index contributed by atoms with van der Waals surface area (Å²) in [6.45, 7) is -0.0781. The predicted molar refractivity (Wildman–Crippen MR) is 65.2 cm³/mol. The minimum absolute atomic E-state index is 0.193. The number of hydrogen-bond donors (Lipinski definition) is 3. The Kier molecular flexibility index (Phi) is 6.09. The molecule has 1 aliphatic rings. The van der Waals surface area contributed by atoms with Gasteiger partial charge >= 0.3 is 18.2 Å². The number of rotatable bonds is 5. The van der Waals surface area contributed by atoms with Gasteiger partial charge in [-0.25, -0.2) is 4.79 Å². The van der Waals surface area contributed by atoms with Crippen LogP contribution in [0.15, 0.2) is 0 Å². The zero-order valence-corrected chi connectivity index (χ0v) is 11.0. The van der Waals surface area contributed by atoms with Crippen molar-refractivity contribution >= 4 is 12.0 Å². The molecule has 0 bridgehead atoms. The molecule has 0 spiro atoms. The van der Waals surface area contributed by atoms with Crippen LogP contribution in [-0.4, -0.2) is 36.4 Å². The molecule has 1 rings (SSSR count). The highest BCUT2D eigenvalue weighted by Crippen LogP contribution is 2.28. The smallest absolute Gasteiger partial charge is 0.390 e. The van der Waals surface area contributed by atoms with Gasteiger partial charge in [0, 0.05) is 13.1 Å². The molecular formula is C12H19F3N2O3. The van der Waals surface area contributed by atoms with E-state index in [4.69, 9.17) is 5.11 Å². The van der Waals surface area contributed by atoms with E-state index in [1.807, 2.05) is 0 Å². The van der Waals surface area contributed by atoms with Gasteiger partial charge in [-0.3, -0.25) is 4.79 Å². The molecule has 0 aliphatic heterocycles. The number of halogens is 3. The maximum Gasteiger partial charge on any atom is 0.390 e. The normalized spacial score (nSPS) is 23.1. The van der Waals surface area contributed by atoms with E-state index in [-0.39, 0.29) is 11.8 Å². The monoisotopic (exact) mass is 296 g/mol. The van der Waals surface area contributed by atoms with Crippen molar-refractivity contribution in [3.8, 4) is 0 Å². The van der Waals surface area contributed by atoms with E-state index >= 15 is 0 Å². The van der Waals surface area contributed by atoms with Gasteiger partial charge < -0.3 is 15.7 Å². The summed E-state index contributed by atoms with van der Waals surface area (Å²) in [7, 11) is 0. The fourth-order valence-corrected chi connectivity index (χ4v) is 2.23. The van der Waals surface area contributed by atoms with Gasteiger partial charge in [-0.2, -0.15) is 13.2 Å². The number of urea groups is 1. The van der Waals surface area contributed by atoms with Crippen LogP contribution >= 0.6 is 0 Å². The van der Waals surface area contributed by atoms with Gasteiger partial charge in [0.15, 0.2) is 0 Å². The maximum atomic E-state index is 11.9. The number of hydrogen-bond acceptors (Lipinski definition) is 2. The molecule has 0 saturated heterocycles. The number of carboxylic acids is 1. The number of carbonyl (C=O) groups is 2. The second-order valence-corrected chi connectivity index (χ2v) is 5.06. The van der Waals surface area contributed by atoms with Crippen molar-refractivity contribution in [2.24, 2.45) is 11.8 Å². The Hall–Kier alpha value is -1.47. The number of carboxylic acid groups (broad SMARTS) is 1. The number of nitrogens with one attached hydrogen (secondary N) is 2. The fourth-order valence-electron chi connectivity index (χ4n) is 2.23. The Balaban J connectivity index is 2.12. The average Bonchev–Trinajstić information content (AvgIpc) is 2.35. The van der Waals surface area contributed by atoms with Crippen molar-refractivity contribution in [3.05, 3.63) is 0 Å². The van der Waals surface area contributed by atoms with Crippen LogP contribution < -0.4 is 10.6 Å². The van der Waals surface area contributed by atoms with E-state index in [9.17, 15) is 22.8 Å². The molecule has 116 valence electrons. The summed E-state index contributed by atoms with van der Waals surface area (Å²) < 4.78 is 35.6. The van der Waals surface area contributed by atoms with Crippen molar-refractivity contribution in [2.45, 2.75) is 38.3 Å². The van der Waals surface area contributed by atoms with E-state index in [0.29, 0.717) is 32.2 Å². The molecule has 0 aromatic heterocycles. The van der Waals surface area contributed by atoms with Gasteiger partial charge in [0.05, 0.1) is 12.3 Å². The summed E-state index contributed by atoms with van der Waals surface area (Å²) in [4.78, 5) is 22.0. The molecule has 1 aliphatic carbocycles. The molecule has 0 unspecified atom stereocenters. The van der Waals surface area contributed by atoms with Crippen molar-refractivity contribution in [1.29, 1.82) is 0 Å². The summed E-state index contributed by atoms with van der Waals surface area (Å²) in [6, 6.07) is -0.616. The third-order valence-corrected chi connectivity index (χ3v) is 3.44. The number of carbonyl (C=O) groups excluding carboxylic acids is 1. The highest BCUT2D eigenvalue weighted by molar-refractivity contribution is 5.73. The molecule has 0 radical (unpaired) electrons. The standard InChI is InChI=1S/C12H19F3N2O3/c13-12(14,15)5-6-16-11(20)17-7-8-1-3-9(4-2-8)10(18)19/h8-9H,1-7H2,(H,18,19)(H2,16,17,20). The lowest BCUT2D eigenvalue weighted by molar-refractivity contribution is -0.143. The van der Waals surface area contributed by atoms with Gasteiger partial charge in [-0.1, -0.05) is 0 Å². The highest BCUT2D eigenvalue weighted by atomic mass is 19.4. The van der Waals surface area contributed by atoms with Gasteiger partial charge in [0.1, 0.15) is 0 Å². The van der Waals surface area contributed by atoms with Crippen LogP contribution in [0.1, 0.15) is 32.1 Å². The van der Waals surface area contributed by atoms with E-state index in [0.717, 1.165) is 0 Å². The molecule has 20 heavy (non-hydrogen) atoms. The Morgan fingerprint density at radius 1 is 1.10 bits per heavy atom. The molecule has 0 atom stereocenters. The Morgan fingerprint density at radius 2 is 1.70 bits per heavy atom. The molecule has 0 aromatic carbocycles. The zero-order chi connectivity index (χ0) is 15.2. The lowest BCUT2D eigenvalue weighted by Crippen LogP contribution is -2.40. The quantitative estimate of drug-likeness (QED) is 0.727. The van der Waals surface area contributed by atoms with Crippen molar-refractivity contribution < 1.29 is 27.9 Å². The Bertz CT molecular complexity index is 339. The van der Waals surface area contributed by atoms with Gasteiger partial charge in [0.25, 0.3) is 0 Å². The van der Waals surface area contributed by atoms with E-state index in [1.165, 1.54) is 0 Å². The van der Waals surface area contributed by atoms with Gasteiger partial charge in [-0.15, -0.1) is 0 Å². The first-order valence-corrected chi connectivity index (χ1v) is 6.59. The fraction of sp³-hybridized carbons (Fsp3) is 0.833. The van der Waals surface area contributed by atoms with Crippen LogP contribution in [0.5, 0.6) is 0 Å². The first kappa shape index (κ1) is 16.6.